The highest BCUT2D eigenvalue weighted by atomic mass is 32.2. The van der Waals surface area contributed by atoms with E-state index in [1.54, 1.807) is 6.92 Å². The molecular weight excluding hydrogens is 250 g/mol. The third kappa shape index (κ3) is 2.88. The first-order valence-corrected chi connectivity index (χ1v) is 6.44. The van der Waals surface area contributed by atoms with Crippen LogP contribution in [0.25, 0.3) is 0 Å². The fourth-order valence-corrected chi connectivity index (χ4v) is 2.00. The van der Waals surface area contributed by atoms with Crippen LogP contribution in [0.1, 0.15) is 25.3 Å². The number of rotatable bonds is 4. The molecule has 1 aromatic rings. The Hall–Kier alpha value is -1.30. The lowest BCUT2D eigenvalue weighted by atomic mass is 9.98. The van der Waals surface area contributed by atoms with E-state index in [1.165, 1.54) is 19.1 Å². The number of sulfone groups is 1. The van der Waals surface area contributed by atoms with Crippen LogP contribution in [0.3, 0.4) is 0 Å². The maximum atomic E-state index is 12.2. The van der Waals surface area contributed by atoms with E-state index in [1.807, 2.05) is 0 Å². The van der Waals surface area contributed by atoms with Crippen LogP contribution in [0.2, 0.25) is 0 Å². The number of benzene rings is 1. The molecule has 0 N–H and O–H groups in total. The molecule has 6 heteroatoms. The molecule has 1 aromatic carbocycles. The van der Waals surface area contributed by atoms with Crippen LogP contribution in [0.5, 0.6) is 0 Å². The lowest BCUT2D eigenvalue weighted by Crippen LogP contribution is -2.11. The van der Waals surface area contributed by atoms with E-state index in [-0.39, 0.29) is 11.7 Å². The Kier molecular flexibility index (Phi) is 3.98. The summed E-state index contributed by atoms with van der Waals surface area (Å²) in [5, 5.41) is 0. The lowest BCUT2D eigenvalue weighted by molar-refractivity contribution is -0.118. The third-order valence-electron chi connectivity index (χ3n) is 2.55. The summed E-state index contributed by atoms with van der Waals surface area (Å²) in [6, 6.07) is 4.94. The molecule has 0 fully saturated rings. The Balaban J connectivity index is 3.09. The molecule has 0 aromatic heterocycles. The molecule has 0 saturated heterocycles. The number of hydrogen-bond donors (Lipinski definition) is 0. The van der Waals surface area contributed by atoms with Crippen molar-refractivity contribution in [3.8, 4) is 0 Å². The number of alkyl halides is 2. The molecule has 1 rings (SSSR count). The first-order chi connectivity index (χ1) is 7.76. The maximum Gasteiger partial charge on any atom is 0.341 e. The molecular formula is C11H12F2O3S. The van der Waals surface area contributed by atoms with Crippen molar-refractivity contribution in [3.63, 3.8) is 0 Å². The zero-order valence-electron chi connectivity index (χ0n) is 9.35. The van der Waals surface area contributed by atoms with Crippen molar-refractivity contribution in [3.05, 3.63) is 29.8 Å². The minimum absolute atomic E-state index is 0.0746. The fourth-order valence-electron chi connectivity index (χ4n) is 1.28. The molecule has 94 valence electrons. The maximum absolute atomic E-state index is 12.2. The first kappa shape index (κ1) is 13.8. The molecule has 0 aliphatic heterocycles. The predicted molar refractivity (Wildman–Crippen MR) is 58.7 cm³/mol. The van der Waals surface area contributed by atoms with Gasteiger partial charge in [0.05, 0.1) is 4.90 Å². The second kappa shape index (κ2) is 4.91. The zero-order chi connectivity index (χ0) is 13.2. The third-order valence-corrected chi connectivity index (χ3v) is 3.95. The number of ketones is 1. The van der Waals surface area contributed by atoms with Crippen LogP contribution in [0.4, 0.5) is 8.78 Å². The minimum Gasteiger partial charge on any atom is -0.299 e. The molecule has 1 unspecified atom stereocenters. The fraction of sp³-hybridized carbons (Fsp3) is 0.364. The summed E-state index contributed by atoms with van der Waals surface area (Å²) in [5.74, 6) is -3.88. The van der Waals surface area contributed by atoms with Crippen molar-refractivity contribution in [2.45, 2.75) is 30.4 Å². The Morgan fingerprint density at radius 2 is 1.65 bits per heavy atom. The van der Waals surface area contributed by atoms with Crippen LogP contribution in [-0.4, -0.2) is 20.0 Å². The number of carbonyl (C=O) groups excluding carboxylic acids is 1. The van der Waals surface area contributed by atoms with E-state index in [2.05, 4.69) is 0 Å². The van der Waals surface area contributed by atoms with Gasteiger partial charge in [0.25, 0.3) is 0 Å². The standard InChI is InChI=1S/C11H12F2O3S/c1-7(8(2)14)9-3-5-10(6-4-9)17(15,16)11(12)13/h3-7,11H,1-2H3. The molecule has 0 aliphatic rings. The van der Waals surface area contributed by atoms with Gasteiger partial charge in [-0.05, 0) is 24.6 Å². The van der Waals surface area contributed by atoms with E-state index in [0.29, 0.717) is 5.56 Å². The number of hydrogen-bond acceptors (Lipinski definition) is 3. The molecule has 0 bridgehead atoms. The number of halogens is 2. The molecule has 0 saturated carbocycles. The van der Waals surface area contributed by atoms with E-state index in [0.717, 1.165) is 12.1 Å². The van der Waals surface area contributed by atoms with E-state index in [9.17, 15) is 22.0 Å². The average Bonchev–Trinajstić information content (AvgIpc) is 2.27. The highest BCUT2D eigenvalue weighted by Crippen LogP contribution is 2.22. The van der Waals surface area contributed by atoms with Gasteiger partial charge in [-0.25, -0.2) is 8.42 Å². The SMILES string of the molecule is CC(=O)C(C)c1ccc(S(=O)(=O)C(F)F)cc1. The molecule has 0 spiro atoms. The second-order valence-electron chi connectivity index (χ2n) is 3.71. The van der Waals surface area contributed by atoms with E-state index < -0.39 is 20.5 Å². The summed E-state index contributed by atoms with van der Waals surface area (Å²) in [6.45, 7) is 3.08. The number of Topliss-reactive ketones (excluding diaryl/α,β-unsaturated/α-hetero) is 1. The quantitative estimate of drug-likeness (QED) is 0.837. The Labute approximate surface area is 98.4 Å². The van der Waals surface area contributed by atoms with Gasteiger partial charge in [0.2, 0.25) is 9.84 Å². The van der Waals surface area contributed by atoms with Gasteiger partial charge < -0.3 is 0 Å². The minimum atomic E-state index is -4.56. The second-order valence-corrected chi connectivity index (χ2v) is 5.62. The Morgan fingerprint density at radius 1 is 1.18 bits per heavy atom. The van der Waals surface area contributed by atoms with Crippen molar-refractivity contribution in [2.75, 3.05) is 0 Å². The van der Waals surface area contributed by atoms with Gasteiger partial charge in [0.15, 0.2) is 0 Å². The summed E-state index contributed by atoms with van der Waals surface area (Å²) in [7, 11) is -4.56. The Morgan fingerprint density at radius 3 is 2.00 bits per heavy atom. The predicted octanol–water partition coefficient (Wildman–Crippen LogP) is 2.38. The summed E-state index contributed by atoms with van der Waals surface area (Å²) in [6.07, 6.45) is 0. The molecule has 1 atom stereocenters. The summed E-state index contributed by atoms with van der Waals surface area (Å²) in [4.78, 5) is 10.7. The van der Waals surface area contributed by atoms with Crippen molar-refractivity contribution >= 4 is 15.6 Å². The van der Waals surface area contributed by atoms with Crippen molar-refractivity contribution in [1.82, 2.24) is 0 Å². The monoisotopic (exact) mass is 262 g/mol. The van der Waals surface area contributed by atoms with Gasteiger partial charge in [-0.1, -0.05) is 19.1 Å². The highest BCUT2D eigenvalue weighted by Gasteiger charge is 2.26. The normalized spacial score (nSPS) is 13.7. The van der Waals surface area contributed by atoms with Crippen LogP contribution in [0, 0.1) is 0 Å². The lowest BCUT2D eigenvalue weighted by Gasteiger charge is -2.09. The van der Waals surface area contributed by atoms with E-state index >= 15 is 0 Å². The van der Waals surface area contributed by atoms with Gasteiger partial charge in [-0.15, -0.1) is 0 Å². The average molecular weight is 262 g/mol. The van der Waals surface area contributed by atoms with E-state index in [4.69, 9.17) is 0 Å². The summed E-state index contributed by atoms with van der Waals surface area (Å²) >= 11 is 0. The first-order valence-electron chi connectivity index (χ1n) is 4.89. The molecule has 3 nitrogen and oxygen atoms in total. The van der Waals surface area contributed by atoms with Crippen molar-refractivity contribution in [2.24, 2.45) is 0 Å². The van der Waals surface area contributed by atoms with Crippen LogP contribution in [-0.2, 0) is 14.6 Å². The molecule has 0 amide bonds. The largest absolute Gasteiger partial charge is 0.341 e. The Bertz CT molecular complexity index is 506. The van der Waals surface area contributed by atoms with Crippen LogP contribution >= 0.6 is 0 Å². The van der Waals surface area contributed by atoms with Crippen LogP contribution < -0.4 is 0 Å². The number of carbonyl (C=O) groups is 1. The topological polar surface area (TPSA) is 51.2 Å². The molecule has 0 heterocycles. The van der Waals surface area contributed by atoms with Gasteiger partial charge >= 0.3 is 5.76 Å². The van der Waals surface area contributed by atoms with Gasteiger partial charge in [-0.3, -0.25) is 4.79 Å². The van der Waals surface area contributed by atoms with Gasteiger partial charge in [0.1, 0.15) is 5.78 Å². The smallest absolute Gasteiger partial charge is 0.299 e. The van der Waals surface area contributed by atoms with Gasteiger partial charge in [0, 0.05) is 5.92 Å². The van der Waals surface area contributed by atoms with Crippen molar-refractivity contribution < 1.29 is 22.0 Å². The van der Waals surface area contributed by atoms with Gasteiger partial charge in [-0.2, -0.15) is 8.78 Å². The highest BCUT2D eigenvalue weighted by molar-refractivity contribution is 7.91. The molecule has 17 heavy (non-hydrogen) atoms. The van der Waals surface area contributed by atoms with Crippen LogP contribution in [0.15, 0.2) is 29.2 Å². The summed E-state index contributed by atoms with van der Waals surface area (Å²) in [5.41, 5.74) is 0.603. The molecule has 0 aliphatic carbocycles. The zero-order valence-corrected chi connectivity index (χ0v) is 10.2. The summed E-state index contributed by atoms with van der Waals surface area (Å²) < 4.78 is 46.7. The molecule has 0 radical (unpaired) electrons. The van der Waals surface area contributed by atoms with Crippen molar-refractivity contribution in [1.29, 1.82) is 0 Å².